The molecule has 0 aliphatic rings. The predicted molar refractivity (Wildman–Crippen MR) is 227 cm³/mol. The van der Waals surface area contributed by atoms with Gasteiger partial charge in [0.05, 0.1) is 6.61 Å². The van der Waals surface area contributed by atoms with E-state index in [-0.39, 0.29) is 26.1 Å². The first-order chi connectivity index (χ1) is 26.6. The van der Waals surface area contributed by atoms with Crippen molar-refractivity contribution in [2.45, 2.75) is 200 Å². The Morgan fingerprint density at radius 3 is 1.42 bits per heavy atom. The molecule has 0 saturated heterocycles. The highest BCUT2D eigenvalue weighted by Gasteiger charge is 2.22. The van der Waals surface area contributed by atoms with Gasteiger partial charge in [0.2, 0.25) is 0 Å². The Morgan fingerprint density at radius 1 is 0.527 bits per heavy atom. The van der Waals surface area contributed by atoms with Gasteiger partial charge in [-0.1, -0.05) is 172 Å². The van der Waals surface area contributed by atoms with E-state index in [2.05, 4.69) is 60.9 Å². The molecule has 0 spiro atoms. The summed E-state index contributed by atoms with van der Waals surface area (Å²) in [6.07, 6.45) is 45.7. The largest absolute Gasteiger partial charge is 0.469 e. The summed E-state index contributed by atoms with van der Waals surface area (Å²) in [7, 11) is -4.77. The topological polar surface area (TPSA) is 140 Å². The lowest BCUT2D eigenvalue weighted by Gasteiger charge is -2.18. The number of esters is 2. The number of phosphoric acid groups is 1. The molecule has 0 aliphatic heterocycles. The second-order valence-electron chi connectivity index (χ2n) is 15.2. The third kappa shape index (κ3) is 44.6. The fraction of sp³-hybridized carbons (Fsp3) is 0.778. The minimum absolute atomic E-state index is 0.182. The molecule has 0 aromatic rings. The summed E-state index contributed by atoms with van der Waals surface area (Å²) in [5.41, 5.74) is 0. The van der Waals surface area contributed by atoms with E-state index in [1.807, 2.05) is 6.08 Å². The number of carbonyl (C=O) groups is 2. The SMILES string of the molecule is CC(C)CCCCCCCCCCCCCCCCCCC(=O)O[C@H](COC(=O)CCC/C=C\C/C=C\C/C=C\C/C=C\CCCCCO)COP(=O)(O)O. The van der Waals surface area contributed by atoms with Gasteiger partial charge in [-0.25, -0.2) is 4.57 Å². The van der Waals surface area contributed by atoms with Gasteiger partial charge in [0, 0.05) is 19.4 Å². The van der Waals surface area contributed by atoms with Crippen LogP contribution in [-0.4, -0.2) is 52.8 Å². The number of allylic oxidation sites excluding steroid dienone is 8. The summed E-state index contributed by atoms with van der Waals surface area (Å²) in [5.74, 6) is -0.125. The van der Waals surface area contributed by atoms with Gasteiger partial charge < -0.3 is 24.4 Å². The van der Waals surface area contributed by atoms with Crippen molar-refractivity contribution in [1.82, 2.24) is 0 Å². The predicted octanol–water partition coefficient (Wildman–Crippen LogP) is 12.3. The van der Waals surface area contributed by atoms with E-state index in [1.165, 1.54) is 83.5 Å². The molecule has 10 heteroatoms. The summed E-state index contributed by atoms with van der Waals surface area (Å²) < 4.78 is 26.4. The molecule has 9 nitrogen and oxygen atoms in total. The van der Waals surface area contributed by atoms with Crippen LogP contribution >= 0.6 is 7.82 Å². The van der Waals surface area contributed by atoms with Crippen molar-refractivity contribution in [3.63, 3.8) is 0 Å². The third-order valence-corrected chi connectivity index (χ3v) is 9.82. The van der Waals surface area contributed by atoms with Gasteiger partial charge in [-0.05, 0) is 63.7 Å². The lowest BCUT2D eigenvalue weighted by atomic mass is 10.0. The number of ether oxygens (including phenoxy) is 2. The van der Waals surface area contributed by atoms with Crippen LogP contribution in [0.25, 0.3) is 0 Å². The molecule has 0 bridgehead atoms. The quantitative estimate of drug-likeness (QED) is 0.0239. The lowest BCUT2D eigenvalue weighted by molar-refractivity contribution is -0.161. The van der Waals surface area contributed by atoms with Gasteiger partial charge in [-0.15, -0.1) is 0 Å². The maximum atomic E-state index is 12.4. The molecule has 0 saturated carbocycles. The second-order valence-corrected chi connectivity index (χ2v) is 16.5. The van der Waals surface area contributed by atoms with Gasteiger partial charge in [0.15, 0.2) is 6.10 Å². The number of hydrogen-bond acceptors (Lipinski definition) is 7. The van der Waals surface area contributed by atoms with Gasteiger partial charge >= 0.3 is 19.8 Å². The first kappa shape index (κ1) is 53.0. The fourth-order valence-electron chi connectivity index (χ4n) is 6.06. The molecule has 55 heavy (non-hydrogen) atoms. The van der Waals surface area contributed by atoms with Crippen molar-refractivity contribution in [2.24, 2.45) is 5.92 Å². The summed E-state index contributed by atoms with van der Waals surface area (Å²) in [6.45, 7) is 4.01. The van der Waals surface area contributed by atoms with E-state index in [4.69, 9.17) is 24.4 Å². The van der Waals surface area contributed by atoms with E-state index in [1.54, 1.807) is 0 Å². The zero-order chi connectivity index (χ0) is 40.5. The fourth-order valence-corrected chi connectivity index (χ4v) is 6.42. The Balaban J connectivity index is 3.96. The van der Waals surface area contributed by atoms with Gasteiger partial charge in [0.1, 0.15) is 6.61 Å². The average molecular weight is 797 g/mol. The minimum Gasteiger partial charge on any atom is -0.462 e. The smallest absolute Gasteiger partial charge is 0.462 e. The molecule has 0 amide bonds. The molecule has 320 valence electrons. The maximum Gasteiger partial charge on any atom is 0.469 e. The molecule has 0 aliphatic carbocycles. The molecule has 0 aromatic carbocycles. The highest BCUT2D eigenvalue weighted by atomic mass is 31.2. The van der Waals surface area contributed by atoms with Gasteiger partial charge in [0.25, 0.3) is 0 Å². The van der Waals surface area contributed by atoms with E-state index >= 15 is 0 Å². The summed E-state index contributed by atoms with van der Waals surface area (Å²) in [5, 5.41) is 8.78. The highest BCUT2D eigenvalue weighted by Crippen LogP contribution is 2.36. The minimum atomic E-state index is -4.77. The van der Waals surface area contributed by atoms with E-state index < -0.39 is 32.5 Å². The number of phosphoric ester groups is 1. The van der Waals surface area contributed by atoms with Gasteiger partial charge in [-0.3, -0.25) is 14.1 Å². The zero-order valence-electron chi connectivity index (χ0n) is 34.9. The van der Waals surface area contributed by atoms with Crippen LogP contribution in [-0.2, 0) is 28.2 Å². The molecule has 0 heterocycles. The van der Waals surface area contributed by atoms with Crippen LogP contribution in [0.5, 0.6) is 0 Å². The first-order valence-electron chi connectivity index (χ1n) is 21.9. The van der Waals surface area contributed by atoms with Crippen molar-refractivity contribution in [1.29, 1.82) is 0 Å². The molecule has 0 aromatic heterocycles. The summed E-state index contributed by atoms with van der Waals surface area (Å²) >= 11 is 0. The van der Waals surface area contributed by atoms with E-state index in [0.29, 0.717) is 19.3 Å². The van der Waals surface area contributed by atoms with Crippen LogP contribution in [0.3, 0.4) is 0 Å². The molecule has 0 rings (SSSR count). The molecule has 0 unspecified atom stereocenters. The number of aliphatic hydroxyl groups is 1. The molecular weight excluding hydrogens is 715 g/mol. The van der Waals surface area contributed by atoms with Crippen molar-refractivity contribution in [2.75, 3.05) is 19.8 Å². The van der Waals surface area contributed by atoms with Crippen molar-refractivity contribution in [3.05, 3.63) is 48.6 Å². The second kappa shape index (κ2) is 40.2. The van der Waals surface area contributed by atoms with Crippen LogP contribution < -0.4 is 0 Å². The molecule has 1 atom stereocenters. The zero-order valence-corrected chi connectivity index (χ0v) is 35.8. The van der Waals surface area contributed by atoms with Crippen LogP contribution in [0.1, 0.15) is 194 Å². The number of carbonyl (C=O) groups excluding carboxylic acids is 2. The Kier molecular flexibility index (Phi) is 38.7. The van der Waals surface area contributed by atoms with E-state index in [0.717, 1.165) is 70.1 Å². The summed E-state index contributed by atoms with van der Waals surface area (Å²) in [6, 6.07) is 0. The molecule has 3 N–H and O–H groups in total. The molecule has 0 radical (unpaired) electrons. The summed E-state index contributed by atoms with van der Waals surface area (Å²) in [4.78, 5) is 42.9. The van der Waals surface area contributed by atoms with Crippen LogP contribution in [0.15, 0.2) is 48.6 Å². The Bertz CT molecular complexity index is 1050. The first-order valence-corrected chi connectivity index (χ1v) is 23.4. The Labute approximate surface area is 336 Å². The van der Waals surface area contributed by atoms with Crippen molar-refractivity contribution >= 4 is 19.8 Å². The third-order valence-electron chi connectivity index (χ3n) is 9.33. The normalized spacial score (nSPS) is 13.0. The monoisotopic (exact) mass is 797 g/mol. The van der Waals surface area contributed by atoms with Crippen molar-refractivity contribution < 1.29 is 43.0 Å². The van der Waals surface area contributed by atoms with Gasteiger partial charge in [-0.2, -0.15) is 0 Å². The number of aliphatic hydroxyl groups excluding tert-OH is 1. The number of hydrogen-bond donors (Lipinski definition) is 3. The highest BCUT2D eigenvalue weighted by molar-refractivity contribution is 7.46. The Hall–Kier alpha value is -2.03. The number of unbranched alkanes of at least 4 members (excludes halogenated alkanes) is 19. The van der Waals surface area contributed by atoms with Crippen LogP contribution in [0, 0.1) is 5.92 Å². The standard InChI is InChI=1S/C45H81O9P/c1-42(2)36-32-28-24-20-16-12-8-5-6-10-14-18-22-26-30-34-38-45(48)54-43(41-53-55(49,50)51)40-52-44(47)37-33-29-25-21-17-13-9-4-3-7-11-15-19-23-27-31-35-39-46/h3,7,9,13,15,19,21,25,42-43,46H,4-6,8,10-12,14,16-18,20,22-24,26-41H2,1-2H3,(H2,49,50,51)/b7-3-,13-9-,19-15-,25-21-/t43-/m1/s1. The molecule has 0 fully saturated rings. The van der Waals surface area contributed by atoms with Crippen molar-refractivity contribution in [3.8, 4) is 0 Å². The number of rotatable bonds is 40. The molecular formula is C45H81O9P. The average Bonchev–Trinajstić information content (AvgIpc) is 3.14. The lowest BCUT2D eigenvalue weighted by Crippen LogP contribution is -2.29. The van der Waals surface area contributed by atoms with Crippen LogP contribution in [0.4, 0.5) is 0 Å². The van der Waals surface area contributed by atoms with E-state index in [9.17, 15) is 14.2 Å². The Morgan fingerprint density at radius 2 is 0.945 bits per heavy atom. The van der Waals surface area contributed by atoms with Crippen LogP contribution in [0.2, 0.25) is 0 Å². The maximum absolute atomic E-state index is 12.4.